The molecule has 7 heteroatoms. The van der Waals surface area contributed by atoms with Crippen molar-refractivity contribution >= 4 is 17.3 Å². The third-order valence-electron chi connectivity index (χ3n) is 4.42. The van der Waals surface area contributed by atoms with E-state index in [0.717, 1.165) is 12.0 Å². The molecule has 0 radical (unpaired) electrons. The normalized spacial score (nSPS) is 12.6. The minimum absolute atomic E-state index is 0.00399. The van der Waals surface area contributed by atoms with Crippen LogP contribution in [0.25, 0.3) is 0 Å². The van der Waals surface area contributed by atoms with Crippen molar-refractivity contribution in [3.63, 3.8) is 0 Å². The Bertz CT molecular complexity index is 837. The van der Waals surface area contributed by atoms with Gasteiger partial charge in [0.05, 0.1) is 23.8 Å². The van der Waals surface area contributed by atoms with Gasteiger partial charge in [-0.1, -0.05) is 18.2 Å². The molecule has 0 atom stereocenters. The van der Waals surface area contributed by atoms with E-state index in [0.29, 0.717) is 49.8 Å². The van der Waals surface area contributed by atoms with Gasteiger partial charge in [-0.15, -0.1) is 0 Å². The van der Waals surface area contributed by atoms with Crippen molar-refractivity contribution in [3.05, 3.63) is 58.1 Å². The van der Waals surface area contributed by atoms with Gasteiger partial charge < -0.3 is 14.4 Å². The highest BCUT2D eigenvalue weighted by atomic mass is 16.6. The second kappa shape index (κ2) is 8.53. The molecule has 0 unspecified atom stereocenters. The van der Waals surface area contributed by atoms with E-state index in [9.17, 15) is 14.9 Å². The second-order valence-electron chi connectivity index (χ2n) is 6.20. The van der Waals surface area contributed by atoms with E-state index < -0.39 is 4.92 Å². The number of para-hydroxylation sites is 2. The summed E-state index contributed by atoms with van der Waals surface area (Å²) >= 11 is 0. The number of anilines is 1. The summed E-state index contributed by atoms with van der Waals surface area (Å²) in [5, 5.41) is 11.0. The zero-order chi connectivity index (χ0) is 19.2. The first-order chi connectivity index (χ1) is 13.1. The topological polar surface area (TPSA) is 81.9 Å². The average molecular weight is 370 g/mol. The summed E-state index contributed by atoms with van der Waals surface area (Å²) in [6.45, 7) is 3.42. The van der Waals surface area contributed by atoms with Crippen LogP contribution in [0.5, 0.6) is 11.5 Å². The van der Waals surface area contributed by atoms with Gasteiger partial charge in [0.15, 0.2) is 11.5 Å². The first-order valence-corrected chi connectivity index (χ1v) is 9.02. The molecule has 0 aliphatic carbocycles. The van der Waals surface area contributed by atoms with E-state index in [1.807, 2.05) is 31.2 Å². The lowest BCUT2D eigenvalue weighted by Crippen LogP contribution is -2.29. The summed E-state index contributed by atoms with van der Waals surface area (Å²) in [5.41, 5.74) is 1.62. The highest BCUT2D eigenvalue weighted by Gasteiger charge is 2.26. The Hall–Kier alpha value is -3.09. The lowest BCUT2D eigenvalue weighted by Gasteiger charge is -2.17. The van der Waals surface area contributed by atoms with E-state index >= 15 is 0 Å². The van der Waals surface area contributed by atoms with Gasteiger partial charge in [-0.3, -0.25) is 14.9 Å². The Morgan fingerprint density at radius 1 is 1.19 bits per heavy atom. The maximum atomic E-state index is 12.5. The first kappa shape index (κ1) is 18.7. The van der Waals surface area contributed by atoms with Gasteiger partial charge in [-0.2, -0.15) is 0 Å². The molecule has 7 nitrogen and oxygen atoms in total. The molecule has 0 saturated carbocycles. The highest BCUT2D eigenvalue weighted by molar-refractivity contribution is 5.95. The second-order valence-corrected chi connectivity index (χ2v) is 6.20. The predicted molar refractivity (Wildman–Crippen MR) is 101 cm³/mol. The van der Waals surface area contributed by atoms with Crippen molar-refractivity contribution in [1.29, 1.82) is 0 Å². The van der Waals surface area contributed by atoms with Crippen LogP contribution in [-0.2, 0) is 11.2 Å². The Morgan fingerprint density at radius 3 is 2.63 bits per heavy atom. The van der Waals surface area contributed by atoms with Gasteiger partial charge in [-0.05, 0) is 37.5 Å². The number of hydrogen-bond acceptors (Lipinski definition) is 5. The van der Waals surface area contributed by atoms with Gasteiger partial charge in [0.25, 0.3) is 5.69 Å². The monoisotopic (exact) mass is 370 g/mol. The van der Waals surface area contributed by atoms with E-state index in [1.54, 1.807) is 11.0 Å². The maximum Gasteiger partial charge on any atom is 0.271 e. The van der Waals surface area contributed by atoms with Crippen molar-refractivity contribution in [2.24, 2.45) is 0 Å². The smallest absolute Gasteiger partial charge is 0.271 e. The molecule has 27 heavy (non-hydrogen) atoms. The number of nitrogens with zero attached hydrogens (tertiary/aromatic N) is 2. The lowest BCUT2D eigenvalue weighted by atomic mass is 10.1. The number of ether oxygens (including phenoxy) is 2. The van der Waals surface area contributed by atoms with E-state index in [2.05, 4.69) is 0 Å². The zero-order valence-electron chi connectivity index (χ0n) is 15.2. The van der Waals surface area contributed by atoms with Crippen molar-refractivity contribution < 1.29 is 19.2 Å². The Balaban J connectivity index is 1.54. The molecule has 2 aromatic rings. The number of fused-ring (bicyclic) bond motifs is 1. The predicted octanol–water partition coefficient (Wildman–Crippen LogP) is 3.74. The number of nitro benzene ring substituents is 1. The largest absolute Gasteiger partial charge is 0.490 e. The summed E-state index contributed by atoms with van der Waals surface area (Å²) in [7, 11) is 0. The van der Waals surface area contributed by atoms with Crippen LogP contribution < -0.4 is 14.4 Å². The van der Waals surface area contributed by atoms with Crippen LogP contribution in [0.3, 0.4) is 0 Å². The van der Waals surface area contributed by atoms with Gasteiger partial charge in [0, 0.05) is 25.1 Å². The number of benzene rings is 2. The van der Waals surface area contributed by atoms with E-state index in [-0.39, 0.29) is 11.6 Å². The van der Waals surface area contributed by atoms with Gasteiger partial charge in [0.1, 0.15) is 0 Å². The molecule has 0 bridgehead atoms. The fourth-order valence-electron chi connectivity index (χ4n) is 3.12. The molecule has 1 aliphatic heterocycles. The molecule has 0 aromatic heterocycles. The van der Waals surface area contributed by atoms with Crippen LogP contribution >= 0.6 is 0 Å². The minimum Gasteiger partial charge on any atom is -0.490 e. The first-order valence-electron chi connectivity index (χ1n) is 9.02. The summed E-state index contributed by atoms with van der Waals surface area (Å²) in [6, 6.07) is 12.1. The summed E-state index contributed by atoms with van der Waals surface area (Å²) < 4.78 is 11.2. The Morgan fingerprint density at radius 2 is 1.93 bits per heavy atom. The third kappa shape index (κ3) is 4.36. The van der Waals surface area contributed by atoms with Crippen molar-refractivity contribution in [3.8, 4) is 11.5 Å². The van der Waals surface area contributed by atoms with Crippen molar-refractivity contribution in [2.45, 2.75) is 26.2 Å². The van der Waals surface area contributed by atoms with Gasteiger partial charge in [0.2, 0.25) is 5.91 Å². The van der Waals surface area contributed by atoms with Gasteiger partial charge in [-0.25, -0.2) is 0 Å². The van der Waals surface area contributed by atoms with Crippen LogP contribution in [-0.4, -0.2) is 30.6 Å². The van der Waals surface area contributed by atoms with Crippen molar-refractivity contribution in [2.75, 3.05) is 24.7 Å². The SMILES string of the molecule is CCOc1ccccc1OCCCC(=O)N1CCc2ccc([N+](=O)[O-])cc21. The number of nitro groups is 1. The lowest BCUT2D eigenvalue weighted by molar-refractivity contribution is -0.384. The van der Waals surface area contributed by atoms with Crippen LogP contribution in [0.2, 0.25) is 0 Å². The highest BCUT2D eigenvalue weighted by Crippen LogP contribution is 2.32. The number of hydrogen-bond donors (Lipinski definition) is 0. The number of carbonyl (C=O) groups excluding carboxylic acids is 1. The molecule has 3 rings (SSSR count). The fraction of sp³-hybridized carbons (Fsp3) is 0.350. The van der Waals surface area contributed by atoms with Crippen LogP contribution in [0.15, 0.2) is 42.5 Å². The molecule has 1 aliphatic rings. The molecule has 1 heterocycles. The van der Waals surface area contributed by atoms with Crippen molar-refractivity contribution in [1.82, 2.24) is 0 Å². The fourth-order valence-corrected chi connectivity index (χ4v) is 3.12. The molecule has 0 spiro atoms. The van der Waals surface area contributed by atoms with E-state index in [4.69, 9.17) is 9.47 Å². The summed E-state index contributed by atoms with van der Waals surface area (Å²) in [4.78, 5) is 24.7. The summed E-state index contributed by atoms with van der Waals surface area (Å²) in [6.07, 6.45) is 1.59. The van der Waals surface area contributed by atoms with Crippen LogP contribution in [0, 0.1) is 10.1 Å². The standard InChI is InChI=1S/C20H22N2O5/c1-2-26-18-6-3-4-7-19(18)27-13-5-8-20(23)21-12-11-15-9-10-16(22(24)25)14-17(15)21/h3-4,6-7,9-10,14H,2,5,8,11-13H2,1H3. The summed E-state index contributed by atoms with van der Waals surface area (Å²) in [5.74, 6) is 1.30. The molecule has 0 N–H and O–H groups in total. The Labute approximate surface area is 157 Å². The molecule has 0 fully saturated rings. The zero-order valence-corrected chi connectivity index (χ0v) is 15.2. The quantitative estimate of drug-likeness (QED) is 0.402. The molecule has 0 saturated heterocycles. The molecule has 2 aromatic carbocycles. The van der Waals surface area contributed by atoms with Crippen LogP contribution in [0.1, 0.15) is 25.3 Å². The van der Waals surface area contributed by atoms with Crippen LogP contribution in [0.4, 0.5) is 11.4 Å². The minimum atomic E-state index is -0.440. The average Bonchev–Trinajstić information content (AvgIpc) is 3.09. The maximum absolute atomic E-state index is 12.5. The third-order valence-corrected chi connectivity index (χ3v) is 4.42. The molecular formula is C20H22N2O5. The molecule has 142 valence electrons. The number of non-ortho nitro benzene ring substituents is 1. The number of carbonyl (C=O) groups is 1. The Kier molecular flexibility index (Phi) is 5.90. The molecular weight excluding hydrogens is 348 g/mol. The number of rotatable bonds is 8. The van der Waals surface area contributed by atoms with E-state index in [1.165, 1.54) is 12.1 Å². The molecule has 1 amide bonds. The van der Waals surface area contributed by atoms with Gasteiger partial charge >= 0.3 is 0 Å². The number of amides is 1.